The molecule has 3 nitrogen and oxygen atoms in total. The fourth-order valence-corrected chi connectivity index (χ4v) is 0.713. The normalized spacial score (nSPS) is 14.7. The van der Waals surface area contributed by atoms with E-state index in [2.05, 4.69) is 11.4 Å². The highest BCUT2D eigenvalue weighted by molar-refractivity contribution is 5.46. The van der Waals surface area contributed by atoms with Crippen molar-refractivity contribution in [2.45, 2.75) is 6.61 Å². The fourth-order valence-electron chi connectivity index (χ4n) is 0.713. The lowest BCUT2D eigenvalue weighted by Crippen LogP contribution is -1.90. The molecule has 3 heteroatoms. The maximum Gasteiger partial charge on any atom is 0.170 e. The van der Waals surface area contributed by atoms with Crippen molar-refractivity contribution in [3.05, 3.63) is 23.8 Å². The quantitative estimate of drug-likeness (QED) is 0.514. The third-order valence-corrected chi connectivity index (χ3v) is 1.17. The molecular weight excluding hydrogens is 118 g/mol. The molecule has 0 fully saturated rings. The zero-order valence-corrected chi connectivity index (χ0v) is 4.63. The summed E-state index contributed by atoms with van der Waals surface area (Å²) in [5, 5.41) is 3.47. The van der Waals surface area contributed by atoms with Gasteiger partial charge in [0.1, 0.15) is 12.8 Å². The molecule has 0 N–H and O–H groups in total. The second-order valence-electron chi connectivity index (χ2n) is 1.75. The van der Waals surface area contributed by atoms with E-state index in [9.17, 15) is 0 Å². The number of nitrogens with zero attached hydrogens (tertiary/aromatic N) is 1. The number of aromatic nitrogens is 1. The van der Waals surface area contributed by atoms with Gasteiger partial charge in [-0.15, -0.1) is 0 Å². The Morgan fingerprint density at radius 2 is 2.67 bits per heavy atom. The molecule has 0 saturated carbocycles. The Bertz CT molecular complexity index is 239. The van der Waals surface area contributed by atoms with E-state index in [4.69, 9.17) is 9.26 Å². The Morgan fingerprint density at radius 1 is 1.67 bits per heavy atom. The van der Waals surface area contributed by atoms with Gasteiger partial charge in [-0.25, -0.2) is 0 Å². The smallest absolute Gasteiger partial charge is 0.170 e. The summed E-state index contributed by atoms with van der Waals surface area (Å²) in [5.74, 6) is 0.751. The van der Waals surface area contributed by atoms with Crippen molar-refractivity contribution in [3.8, 4) is 0 Å². The molecule has 0 bridgehead atoms. The van der Waals surface area contributed by atoms with Crippen LogP contribution in [0, 0.1) is 6.20 Å². The van der Waals surface area contributed by atoms with Crippen molar-refractivity contribution < 1.29 is 9.26 Å². The van der Waals surface area contributed by atoms with Gasteiger partial charge in [-0.1, -0.05) is 5.16 Å². The number of hydrogen-bond acceptors (Lipinski definition) is 3. The lowest BCUT2D eigenvalue weighted by atomic mass is 10.2. The largest absolute Gasteiger partial charge is 0.496 e. The summed E-state index contributed by atoms with van der Waals surface area (Å²) in [7, 11) is 0. The van der Waals surface area contributed by atoms with Crippen LogP contribution in [0.4, 0.5) is 0 Å². The van der Waals surface area contributed by atoms with Crippen LogP contribution in [0.3, 0.4) is 0 Å². The SMILES string of the molecule is [c]1noc2c1COC=C2. The van der Waals surface area contributed by atoms with Crippen LogP contribution in [0.15, 0.2) is 10.8 Å². The topological polar surface area (TPSA) is 35.3 Å². The third kappa shape index (κ3) is 0.614. The van der Waals surface area contributed by atoms with Crippen LogP contribution < -0.4 is 0 Å². The summed E-state index contributed by atoms with van der Waals surface area (Å²) in [6.07, 6.45) is 5.97. The van der Waals surface area contributed by atoms with Crippen LogP contribution in [0.25, 0.3) is 6.08 Å². The first-order valence-corrected chi connectivity index (χ1v) is 2.61. The molecule has 1 aliphatic heterocycles. The zero-order chi connectivity index (χ0) is 6.10. The molecule has 0 unspecified atom stereocenters. The van der Waals surface area contributed by atoms with Gasteiger partial charge in [-0.05, 0) is 0 Å². The average Bonchev–Trinajstić information content (AvgIpc) is 2.33. The van der Waals surface area contributed by atoms with Gasteiger partial charge in [-0.3, -0.25) is 0 Å². The molecule has 0 aromatic carbocycles. The maximum atomic E-state index is 4.94. The van der Waals surface area contributed by atoms with E-state index < -0.39 is 0 Å². The van der Waals surface area contributed by atoms with E-state index in [0.29, 0.717) is 6.61 Å². The lowest BCUT2D eigenvalue weighted by molar-refractivity contribution is 0.231. The Hall–Kier alpha value is -1.25. The van der Waals surface area contributed by atoms with Gasteiger partial charge in [0.05, 0.1) is 11.8 Å². The summed E-state index contributed by atoms with van der Waals surface area (Å²) in [4.78, 5) is 0. The predicted molar refractivity (Wildman–Crippen MR) is 29.2 cm³/mol. The highest BCUT2D eigenvalue weighted by Crippen LogP contribution is 2.14. The van der Waals surface area contributed by atoms with Crippen LogP contribution >= 0.6 is 0 Å². The van der Waals surface area contributed by atoms with Crippen LogP contribution in [-0.2, 0) is 11.3 Å². The second kappa shape index (κ2) is 1.62. The van der Waals surface area contributed by atoms with Crippen LogP contribution in [0.5, 0.6) is 0 Å². The van der Waals surface area contributed by atoms with Crippen molar-refractivity contribution in [1.29, 1.82) is 0 Å². The summed E-state index contributed by atoms with van der Waals surface area (Å²) in [6, 6.07) is 0. The van der Waals surface area contributed by atoms with E-state index in [0.717, 1.165) is 11.3 Å². The second-order valence-corrected chi connectivity index (χ2v) is 1.75. The number of rotatable bonds is 0. The summed E-state index contributed by atoms with van der Waals surface area (Å²) in [6.45, 7) is 0.523. The molecular formula is C6H4NO2. The van der Waals surface area contributed by atoms with Gasteiger partial charge in [0, 0.05) is 6.08 Å². The van der Waals surface area contributed by atoms with Gasteiger partial charge in [0.2, 0.25) is 0 Å². The van der Waals surface area contributed by atoms with Crippen LogP contribution in [-0.4, -0.2) is 5.16 Å². The van der Waals surface area contributed by atoms with Gasteiger partial charge in [0.25, 0.3) is 0 Å². The van der Waals surface area contributed by atoms with E-state index in [1.165, 1.54) is 0 Å². The molecule has 0 saturated heterocycles. The standard InChI is InChI=1S/C6H4NO2/c1-2-8-4-5-3-7-9-6(1)5/h1-2H,4H2. The summed E-state index contributed by atoms with van der Waals surface area (Å²) < 4.78 is 9.73. The first-order valence-electron chi connectivity index (χ1n) is 2.61. The van der Waals surface area contributed by atoms with Crippen molar-refractivity contribution in [2.75, 3.05) is 0 Å². The molecule has 1 aromatic rings. The fraction of sp³-hybridized carbons (Fsp3) is 0.167. The predicted octanol–water partition coefficient (Wildman–Crippen LogP) is 0.976. The van der Waals surface area contributed by atoms with Crippen molar-refractivity contribution in [2.24, 2.45) is 0 Å². The molecule has 9 heavy (non-hydrogen) atoms. The Labute approximate surface area is 51.9 Å². The molecule has 0 amide bonds. The molecule has 2 rings (SSSR count). The number of hydrogen-bond donors (Lipinski definition) is 0. The minimum absolute atomic E-state index is 0.523. The minimum Gasteiger partial charge on any atom is -0.496 e. The molecule has 45 valence electrons. The van der Waals surface area contributed by atoms with Gasteiger partial charge in [-0.2, -0.15) is 0 Å². The third-order valence-electron chi connectivity index (χ3n) is 1.17. The highest BCUT2D eigenvalue weighted by Gasteiger charge is 2.08. The van der Waals surface area contributed by atoms with Gasteiger partial charge < -0.3 is 9.26 Å². The summed E-state index contributed by atoms with van der Waals surface area (Å²) >= 11 is 0. The number of fused-ring (bicyclic) bond motifs is 1. The monoisotopic (exact) mass is 122 g/mol. The Kier molecular flexibility index (Phi) is 0.828. The van der Waals surface area contributed by atoms with Crippen molar-refractivity contribution in [3.63, 3.8) is 0 Å². The first-order chi connectivity index (χ1) is 4.47. The lowest BCUT2D eigenvalue weighted by Gasteiger charge is -2.01. The van der Waals surface area contributed by atoms with Crippen molar-refractivity contribution >= 4 is 6.08 Å². The minimum atomic E-state index is 0.523. The molecule has 0 atom stereocenters. The molecule has 1 aliphatic rings. The van der Waals surface area contributed by atoms with Crippen LogP contribution in [0.2, 0.25) is 0 Å². The van der Waals surface area contributed by atoms with E-state index in [1.807, 2.05) is 0 Å². The molecule has 1 aromatic heterocycles. The van der Waals surface area contributed by atoms with Crippen LogP contribution in [0.1, 0.15) is 11.3 Å². The van der Waals surface area contributed by atoms with E-state index in [-0.39, 0.29) is 0 Å². The van der Waals surface area contributed by atoms with Gasteiger partial charge in [0.15, 0.2) is 5.76 Å². The average molecular weight is 122 g/mol. The molecule has 2 heterocycles. The van der Waals surface area contributed by atoms with Gasteiger partial charge >= 0.3 is 0 Å². The summed E-state index contributed by atoms with van der Waals surface area (Å²) in [5.41, 5.74) is 0.887. The maximum absolute atomic E-state index is 4.94. The molecule has 1 radical (unpaired) electrons. The Morgan fingerprint density at radius 3 is 3.56 bits per heavy atom. The molecule has 0 aliphatic carbocycles. The number of ether oxygens (including phenoxy) is 1. The van der Waals surface area contributed by atoms with Crippen molar-refractivity contribution in [1.82, 2.24) is 5.16 Å². The highest BCUT2D eigenvalue weighted by atomic mass is 16.5. The first kappa shape index (κ1) is 4.61. The van der Waals surface area contributed by atoms with E-state index in [1.54, 1.807) is 12.3 Å². The zero-order valence-electron chi connectivity index (χ0n) is 4.63. The van der Waals surface area contributed by atoms with E-state index >= 15 is 0 Å². The molecule has 0 spiro atoms. The Balaban J connectivity index is 2.53.